The first-order valence-corrected chi connectivity index (χ1v) is 10.2. The molecule has 0 radical (unpaired) electrons. The van der Waals surface area contributed by atoms with Gasteiger partial charge in [-0.05, 0) is 69.1 Å². The molecule has 2 saturated carbocycles. The minimum Gasteiger partial charge on any atom is -0.488 e. The molecule has 0 spiro atoms. The molecule has 0 saturated heterocycles. The van der Waals surface area contributed by atoms with Crippen LogP contribution < -0.4 is 4.74 Å². The molecule has 3 rings (SSSR count). The standard InChI is InChI=1S/C13H20O2.C12H16O/c1-5-11(14)15-10-8-9-6-7-13(10,4)12(9,2)3;1-5-10-6-8-11(9-7-10)13-12(2,3)4/h5,9-10H,1,6-8H2,2-4H3;5-9H,1H2,2-4H3. The van der Waals surface area contributed by atoms with Gasteiger partial charge in [-0.2, -0.15) is 0 Å². The normalized spacial score (nSPS) is 27.4. The van der Waals surface area contributed by atoms with Crippen LogP contribution in [0, 0.1) is 16.7 Å². The number of esters is 1. The fourth-order valence-electron chi connectivity index (χ4n) is 4.52. The van der Waals surface area contributed by atoms with Crippen LogP contribution in [0.2, 0.25) is 0 Å². The largest absolute Gasteiger partial charge is 0.488 e. The average molecular weight is 385 g/mol. The van der Waals surface area contributed by atoms with Gasteiger partial charge in [-0.25, -0.2) is 4.79 Å². The number of hydrogen-bond donors (Lipinski definition) is 0. The van der Waals surface area contributed by atoms with Crippen molar-refractivity contribution in [2.75, 3.05) is 0 Å². The molecule has 2 aliphatic carbocycles. The number of carbonyl (C=O) groups excluding carboxylic acids is 1. The number of hydrogen-bond acceptors (Lipinski definition) is 3. The molecule has 0 amide bonds. The molecule has 3 heteroatoms. The van der Waals surface area contributed by atoms with Gasteiger partial charge in [-0.1, -0.05) is 52.1 Å². The van der Waals surface area contributed by atoms with Crippen LogP contribution >= 0.6 is 0 Å². The summed E-state index contributed by atoms with van der Waals surface area (Å²) in [5, 5.41) is 0. The molecular weight excluding hydrogens is 348 g/mol. The molecule has 3 nitrogen and oxygen atoms in total. The third-order valence-electron chi connectivity index (χ3n) is 6.68. The summed E-state index contributed by atoms with van der Waals surface area (Å²) < 4.78 is 11.1. The van der Waals surface area contributed by atoms with E-state index in [9.17, 15) is 4.79 Å². The molecule has 2 bridgehead atoms. The van der Waals surface area contributed by atoms with Crippen molar-refractivity contribution in [2.45, 2.75) is 72.5 Å². The van der Waals surface area contributed by atoms with E-state index in [-0.39, 0.29) is 23.1 Å². The van der Waals surface area contributed by atoms with Crippen molar-refractivity contribution >= 4 is 12.0 Å². The molecule has 0 heterocycles. The Bertz CT molecular complexity index is 708. The van der Waals surface area contributed by atoms with Crippen LogP contribution in [0.3, 0.4) is 0 Å². The Balaban J connectivity index is 0.000000203. The van der Waals surface area contributed by atoms with E-state index < -0.39 is 0 Å². The smallest absolute Gasteiger partial charge is 0.330 e. The first-order chi connectivity index (χ1) is 12.9. The van der Waals surface area contributed by atoms with E-state index in [1.807, 2.05) is 51.1 Å². The van der Waals surface area contributed by atoms with Gasteiger partial charge in [0.1, 0.15) is 17.5 Å². The molecule has 0 aromatic heterocycles. The van der Waals surface area contributed by atoms with Crippen LogP contribution in [0.1, 0.15) is 66.4 Å². The summed E-state index contributed by atoms with van der Waals surface area (Å²) in [6.07, 6.45) is 6.68. The van der Waals surface area contributed by atoms with E-state index in [0.717, 1.165) is 17.7 Å². The summed E-state index contributed by atoms with van der Waals surface area (Å²) in [5.74, 6) is 1.34. The van der Waals surface area contributed by atoms with Gasteiger partial charge in [0.15, 0.2) is 0 Å². The van der Waals surface area contributed by atoms with Gasteiger partial charge in [0.05, 0.1) is 0 Å². The maximum Gasteiger partial charge on any atom is 0.330 e. The van der Waals surface area contributed by atoms with Crippen molar-refractivity contribution in [2.24, 2.45) is 16.7 Å². The summed E-state index contributed by atoms with van der Waals surface area (Å²) in [5.41, 5.74) is 1.45. The Hall–Kier alpha value is -2.03. The summed E-state index contributed by atoms with van der Waals surface area (Å²) in [7, 11) is 0. The van der Waals surface area contributed by atoms with Crippen LogP contribution in [0.5, 0.6) is 5.75 Å². The highest BCUT2D eigenvalue weighted by molar-refractivity contribution is 5.81. The Kier molecular flexibility index (Phi) is 6.48. The third kappa shape index (κ3) is 4.68. The molecule has 154 valence electrons. The molecule has 1 aromatic carbocycles. The number of fused-ring (bicyclic) bond motifs is 2. The van der Waals surface area contributed by atoms with Crippen molar-refractivity contribution in [1.29, 1.82) is 0 Å². The summed E-state index contributed by atoms with van der Waals surface area (Å²) in [6, 6.07) is 7.91. The predicted octanol–water partition coefficient (Wildman–Crippen LogP) is 6.44. The predicted molar refractivity (Wildman–Crippen MR) is 116 cm³/mol. The zero-order chi connectivity index (χ0) is 21.2. The zero-order valence-corrected chi connectivity index (χ0v) is 18.4. The van der Waals surface area contributed by atoms with Crippen LogP contribution in [0.4, 0.5) is 0 Å². The SMILES string of the molecule is C=CC(=O)OC1CC2CCC1(C)C2(C)C.C=Cc1ccc(OC(C)(C)C)cc1. The lowest BCUT2D eigenvalue weighted by Gasteiger charge is -2.38. The highest BCUT2D eigenvalue weighted by Gasteiger charge is 2.62. The fraction of sp³-hybridized carbons (Fsp3) is 0.560. The molecule has 2 fully saturated rings. The Labute approximate surface area is 170 Å². The van der Waals surface area contributed by atoms with Crippen molar-refractivity contribution in [3.05, 3.63) is 49.1 Å². The lowest BCUT2D eigenvalue weighted by molar-refractivity contribution is -0.150. The maximum absolute atomic E-state index is 11.3. The number of rotatable bonds is 4. The van der Waals surface area contributed by atoms with Gasteiger partial charge in [-0.15, -0.1) is 0 Å². The number of benzene rings is 1. The van der Waals surface area contributed by atoms with E-state index in [2.05, 4.69) is 33.9 Å². The highest BCUT2D eigenvalue weighted by atomic mass is 16.5. The van der Waals surface area contributed by atoms with Crippen molar-refractivity contribution in [3.63, 3.8) is 0 Å². The molecule has 0 aliphatic heterocycles. The third-order valence-corrected chi connectivity index (χ3v) is 6.68. The highest BCUT2D eigenvalue weighted by Crippen LogP contribution is 2.66. The molecule has 3 unspecified atom stereocenters. The van der Waals surface area contributed by atoms with Crippen LogP contribution in [-0.4, -0.2) is 17.7 Å². The van der Waals surface area contributed by atoms with Crippen LogP contribution in [-0.2, 0) is 9.53 Å². The van der Waals surface area contributed by atoms with Gasteiger partial charge >= 0.3 is 5.97 Å². The van der Waals surface area contributed by atoms with Gasteiger partial charge in [0, 0.05) is 11.5 Å². The van der Waals surface area contributed by atoms with Crippen molar-refractivity contribution in [3.8, 4) is 5.75 Å². The van der Waals surface area contributed by atoms with E-state index >= 15 is 0 Å². The number of ether oxygens (including phenoxy) is 2. The second-order valence-corrected chi connectivity index (χ2v) is 9.73. The van der Waals surface area contributed by atoms with Gasteiger partial charge in [0.25, 0.3) is 0 Å². The molecular formula is C25H36O3. The number of carbonyl (C=O) groups is 1. The lowest BCUT2D eigenvalue weighted by atomic mass is 9.70. The van der Waals surface area contributed by atoms with Gasteiger partial charge in [0.2, 0.25) is 0 Å². The van der Waals surface area contributed by atoms with E-state index in [0.29, 0.717) is 11.3 Å². The summed E-state index contributed by atoms with van der Waals surface area (Å²) in [6.45, 7) is 20.1. The van der Waals surface area contributed by atoms with Crippen molar-refractivity contribution in [1.82, 2.24) is 0 Å². The second-order valence-electron chi connectivity index (χ2n) is 9.73. The second kappa shape index (κ2) is 8.14. The van der Waals surface area contributed by atoms with E-state index in [1.165, 1.54) is 18.9 Å². The Morgan fingerprint density at radius 1 is 1.14 bits per heavy atom. The van der Waals surface area contributed by atoms with Gasteiger partial charge in [-0.3, -0.25) is 0 Å². The molecule has 1 aromatic rings. The minimum absolute atomic E-state index is 0.0942. The maximum atomic E-state index is 11.3. The van der Waals surface area contributed by atoms with Crippen LogP contribution in [0.15, 0.2) is 43.5 Å². The Morgan fingerprint density at radius 2 is 1.75 bits per heavy atom. The first-order valence-electron chi connectivity index (χ1n) is 10.2. The topological polar surface area (TPSA) is 35.5 Å². The molecule has 28 heavy (non-hydrogen) atoms. The minimum atomic E-state index is -0.274. The quantitative estimate of drug-likeness (QED) is 0.443. The Morgan fingerprint density at radius 3 is 2.14 bits per heavy atom. The fourth-order valence-corrected chi connectivity index (χ4v) is 4.52. The first kappa shape index (κ1) is 22.3. The molecule has 2 aliphatic rings. The van der Waals surface area contributed by atoms with E-state index in [1.54, 1.807) is 0 Å². The lowest BCUT2D eigenvalue weighted by Crippen LogP contribution is -2.38. The molecule has 3 atom stereocenters. The average Bonchev–Trinajstić information content (AvgIpc) is 2.95. The van der Waals surface area contributed by atoms with Crippen molar-refractivity contribution < 1.29 is 14.3 Å². The van der Waals surface area contributed by atoms with E-state index in [4.69, 9.17) is 9.47 Å². The zero-order valence-electron chi connectivity index (χ0n) is 18.4. The van der Waals surface area contributed by atoms with Gasteiger partial charge < -0.3 is 9.47 Å². The van der Waals surface area contributed by atoms with Crippen LogP contribution in [0.25, 0.3) is 6.08 Å². The summed E-state index contributed by atoms with van der Waals surface area (Å²) >= 11 is 0. The monoisotopic (exact) mass is 384 g/mol. The molecule has 0 N–H and O–H groups in total. The summed E-state index contributed by atoms with van der Waals surface area (Å²) in [4.78, 5) is 11.3.